The predicted octanol–water partition coefficient (Wildman–Crippen LogP) is -0.837. The van der Waals surface area contributed by atoms with E-state index < -0.39 is 34.2 Å². The van der Waals surface area contributed by atoms with Crippen LogP contribution in [0.15, 0.2) is 0 Å². The van der Waals surface area contributed by atoms with Crippen LogP contribution in [0.3, 0.4) is 0 Å². The standard InChI is InChI=1S/C10H17NO5/c1-10(2,3)11(9(15)16)5-6(12)4-7(11)8(13)14/h6-7,12H,4-5H2,1-3H3,(H-,13,14,15,16)/t6-,7-,11?/m1/s1. The fourth-order valence-corrected chi connectivity index (χ4v) is 2.48. The van der Waals surface area contributed by atoms with E-state index in [1.807, 2.05) is 0 Å². The van der Waals surface area contributed by atoms with Crippen molar-refractivity contribution in [3.63, 3.8) is 0 Å². The third kappa shape index (κ3) is 1.68. The molecule has 6 heteroatoms. The summed E-state index contributed by atoms with van der Waals surface area (Å²) in [7, 11) is 0. The van der Waals surface area contributed by atoms with Gasteiger partial charge in [0.15, 0.2) is 6.04 Å². The van der Waals surface area contributed by atoms with Crippen LogP contribution in [0.4, 0.5) is 4.79 Å². The van der Waals surface area contributed by atoms with Crippen LogP contribution in [0.5, 0.6) is 0 Å². The Bertz CT molecular complexity index is 322. The summed E-state index contributed by atoms with van der Waals surface area (Å²) in [5.41, 5.74) is -0.834. The molecule has 1 aliphatic rings. The maximum absolute atomic E-state index is 11.3. The number of carboxylic acids is 1. The van der Waals surface area contributed by atoms with Gasteiger partial charge in [0.1, 0.15) is 12.6 Å². The van der Waals surface area contributed by atoms with Gasteiger partial charge in [-0.05, 0) is 20.8 Å². The Labute approximate surface area is 93.7 Å². The van der Waals surface area contributed by atoms with Gasteiger partial charge in [0.05, 0.1) is 5.54 Å². The highest BCUT2D eigenvalue weighted by atomic mass is 16.4. The zero-order valence-electron chi connectivity index (χ0n) is 9.64. The lowest BCUT2D eigenvalue weighted by Gasteiger charge is -2.47. The van der Waals surface area contributed by atoms with Crippen molar-refractivity contribution in [2.45, 2.75) is 44.9 Å². The van der Waals surface area contributed by atoms with Gasteiger partial charge in [-0.1, -0.05) is 0 Å². The van der Waals surface area contributed by atoms with Gasteiger partial charge in [0.25, 0.3) is 6.09 Å². The summed E-state index contributed by atoms with van der Waals surface area (Å²) in [6.45, 7) is 4.78. The molecule has 1 fully saturated rings. The number of hydrogen-bond donors (Lipinski definition) is 2. The number of likely N-dealkylation sites (tertiary alicyclic amines) is 1. The first-order chi connectivity index (χ1) is 7.13. The van der Waals surface area contributed by atoms with Crippen molar-refractivity contribution in [2.75, 3.05) is 6.54 Å². The molecule has 1 saturated heterocycles. The fraction of sp³-hybridized carbons (Fsp3) is 0.800. The molecule has 0 aromatic rings. The Morgan fingerprint density at radius 3 is 2.12 bits per heavy atom. The van der Waals surface area contributed by atoms with E-state index in [9.17, 15) is 19.8 Å². The SMILES string of the molecule is CC(C)(C)[N+]1(C(=O)[O-])C[C@H](O)C[C@@H]1C(=O)O. The first-order valence-corrected chi connectivity index (χ1v) is 5.13. The molecular weight excluding hydrogens is 214 g/mol. The zero-order chi connectivity index (χ0) is 12.7. The van der Waals surface area contributed by atoms with Crippen molar-refractivity contribution in [3.05, 3.63) is 0 Å². The van der Waals surface area contributed by atoms with Crippen LogP contribution >= 0.6 is 0 Å². The van der Waals surface area contributed by atoms with Crippen molar-refractivity contribution in [1.82, 2.24) is 0 Å². The van der Waals surface area contributed by atoms with Crippen molar-refractivity contribution < 1.29 is 29.4 Å². The summed E-state index contributed by atoms with van der Waals surface area (Å²) in [5, 5.41) is 29.9. The average Bonchev–Trinajstić information content (AvgIpc) is 2.42. The van der Waals surface area contributed by atoms with Crippen molar-refractivity contribution >= 4 is 12.1 Å². The van der Waals surface area contributed by atoms with Crippen LogP contribution in [-0.4, -0.2) is 51.0 Å². The average molecular weight is 231 g/mol. The summed E-state index contributed by atoms with van der Waals surface area (Å²) >= 11 is 0. The number of rotatable bonds is 1. The van der Waals surface area contributed by atoms with Gasteiger partial charge in [-0.3, -0.25) is 4.48 Å². The van der Waals surface area contributed by atoms with Crippen molar-refractivity contribution in [2.24, 2.45) is 0 Å². The normalized spacial score (nSPS) is 35.0. The third-order valence-electron chi connectivity index (χ3n) is 3.33. The minimum absolute atomic E-state index is 0.0550. The van der Waals surface area contributed by atoms with Gasteiger partial charge in [0.2, 0.25) is 0 Å². The number of hydrogen-bond acceptors (Lipinski definition) is 4. The predicted molar refractivity (Wildman–Crippen MR) is 52.3 cm³/mol. The Balaban J connectivity index is 3.29. The number of aliphatic carboxylic acids is 1. The summed E-state index contributed by atoms with van der Waals surface area (Å²) in [6, 6.07) is -1.15. The van der Waals surface area contributed by atoms with Gasteiger partial charge in [0, 0.05) is 6.42 Å². The Kier molecular flexibility index (Phi) is 3.00. The topological polar surface area (TPSA) is 97.7 Å². The second-order valence-electron chi connectivity index (χ2n) is 5.23. The molecule has 0 aromatic carbocycles. The minimum Gasteiger partial charge on any atom is -0.498 e. The van der Waals surface area contributed by atoms with E-state index in [4.69, 9.17) is 5.11 Å². The van der Waals surface area contributed by atoms with E-state index in [0.29, 0.717) is 0 Å². The molecule has 1 rings (SSSR count). The number of nitrogens with zero attached hydrogens (tertiary/aromatic N) is 1. The van der Waals surface area contributed by atoms with Gasteiger partial charge in [-0.2, -0.15) is 0 Å². The first-order valence-electron chi connectivity index (χ1n) is 5.13. The molecule has 3 atom stereocenters. The van der Waals surface area contributed by atoms with Crippen LogP contribution in [0, 0.1) is 0 Å². The smallest absolute Gasteiger partial charge is 0.363 e. The van der Waals surface area contributed by atoms with Crippen LogP contribution in [0.25, 0.3) is 0 Å². The number of aliphatic hydroxyl groups is 1. The summed E-state index contributed by atoms with van der Waals surface area (Å²) < 4.78 is -0.733. The van der Waals surface area contributed by atoms with Crippen LogP contribution in [-0.2, 0) is 4.79 Å². The monoisotopic (exact) mass is 231 g/mol. The molecule has 1 unspecified atom stereocenters. The molecule has 0 aliphatic carbocycles. The summed E-state index contributed by atoms with van der Waals surface area (Å²) in [4.78, 5) is 22.4. The molecule has 16 heavy (non-hydrogen) atoms. The molecule has 1 heterocycles. The highest BCUT2D eigenvalue weighted by molar-refractivity contribution is 5.75. The lowest BCUT2D eigenvalue weighted by molar-refractivity contribution is -0.923. The molecule has 1 aliphatic heterocycles. The van der Waals surface area contributed by atoms with Gasteiger partial charge >= 0.3 is 5.97 Å². The van der Waals surface area contributed by atoms with E-state index in [1.165, 1.54) is 0 Å². The lowest BCUT2D eigenvalue weighted by Crippen LogP contribution is -2.71. The second-order valence-corrected chi connectivity index (χ2v) is 5.23. The van der Waals surface area contributed by atoms with E-state index in [-0.39, 0.29) is 13.0 Å². The largest absolute Gasteiger partial charge is 0.498 e. The molecule has 2 N–H and O–H groups in total. The molecule has 0 bridgehead atoms. The highest BCUT2D eigenvalue weighted by Crippen LogP contribution is 2.36. The number of carboxylic acid groups (broad SMARTS) is 2. The Morgan fingerprint density at radius 2 is 1.88 bits per heavy atom. The number of carbonyl (C=O) groups excluding carboxylic acids is 1. The summed E-state index contributed by atoms with van der Waals surface area (Å²) in [5.74, 6) is -1.21. The van der Waals surface area contributed by atoms with Gasteiger partial charge < -0.3 is 20.1 Å². The Hall–Kier alpha value is -1.14. The van der Waals surface area contributed by atoms with Gasteiger partial charge in [-0.25, -0.2) is 4.79 Å². The van der Waals surface area contributed by atoms with E-state index in [0.717, 1.165) is 0 Å². The van der Waals surface area contributed by atoms with E-state index in [2.05, 4.69) is 0 Å². The fourth-order valence-electron chi connectivity index (χ4n) is 2.48. The zero-order valence-corrected chi connectivity index (χ0v) is 9.64. The molecule has 92 valence electrons. The molecular formula is C10H17NO5. The molecule has 6 nitrogen and oxygen atoms in total. The second kappa shape index (κ2) is 3.71. The first kappa shape index (κ1) is 12.9. The molecule has 0 radical (unpaired) electrons. The van der Waals surface area contributed by atoms with Crippen LogP contribution < -0.4 is 5.11 Å². The van der Waals surface area contributed by atoms with E-state index >= 15 is 0 Å². The van der Waals surface area contributed by atoms with Crippen LogP contribution in [0.1, 0.15) is 27.2 Å². The van der Waals surface area contributed by atoms with Gasteiger partial charge in [-0.15, -0.1) is 0 Å². The number of amides is 1. The molecule has 1 amide bonds. The van der Waals surface area contributed by atoms with E-state index in [1.54, 1.807) is 20.8 Å². The number of carbonyl (C=O) groups is 2. The molecule has 0 aromatic heterocycles. The maximum Gasteiger partial charge on any atom is 0.363 e. The summed E-state index contributed by atoms with van der Waals surface area (Å²) in [6.07, 6.45) is -2.42. The Morgan fingerprint density at radius 1 is 1.38 bits per heavy atom. The van der Waals surface area contributed by atoms with Crippen molar-refractivity contribution in [1.29, 1.82) is 0 Å². The quantitative estimate of drug-likeness (QED) is 0.573. The molecule has 0 spiro atoms. The third-order valence-corrected chi connectivity index (χ3v) is 3.33. The maximum atomic E-state index is 11.3. The molecule has 0 saturated carbocycles. The van der Waals surface area contributed by atoms with Crippen LogP contribution in [0.2, 0.25) is 0 Å². The highest BCUT2D eigenvalue weighted by Gasteiger charge is 2.58. The number of quaternary nitrogens is 1. The number of aliphatic hydroxyl groups excluding tert-OH is 1. The van der Waals surface area contributed by atoms with Crippen molar-refractivity contribution in [3.8, 4) is 0 Å². The lowest BCUT2D eigenvalue weighted by atomic mass is 10.00. The minimum atomic E-state index is -1.45.